The second-order valence-electron chi connectivity index (χ2n) is 5.91. The van der Waals surface area contributed by atoms with E-state index >= 15 is 0 Å². The molecule has 1 amide bonds. The van der Waals surface area contributed by atoms with E-state index in [1.807, 2.05) is 0 Å². The van der Waals surface area contributed by atoms with Gasteiger partial charge in [-0.1, -0.05) is 5.16 Å². The number of nitrogens with zero attached hydrogens (tertiary/aromatic N) is 2. The molecule has 4 N–H and O–H groups in total. The largest absolute Gasteiger partial charge is 0.573 e. The third kappa shape index (κ3) is 4.51. The number of aromatic nitrogens is 2. The van der Waals surface area contributed by atoms with Crippen molar-refractivity contribution in [2.45, 2.75) is 12.5 Å². The molecule has 0 aliphatic heterocycles. The van der Waals surface area contributed by atoms with E-state index < -0.39 is 64.1 Å². The van der Waals surface area contributed by atoms with Crippen LogP contribution in [0, 0.1) is 5.82 Å². The van der Waals surface area contributed by atoms with Crippen LogP contribution in [0.15, 0.2) is 34.9 Å². The fraction of sp³-hybridized carbons (Fsp3) is 0.118. The molecule has 0 bridgehead atoms. The SMILES string of the molecule is NC(=O)c1c(C(F)(F)F)noc1-c1ccc(-c2cc(F)ccc2OC(F)(F)F)c(N)n1. The number of anilines is 1. The minimum Gasteiger partial charge on any atom is -0.405 e. The van der Waals surface area contributed by atoms with Crippen LogP contribution in [0.1, 0.15) is 16.1 Å². The third-order valence-electron chi connectivity index (χ3n) is 3.82. The summed E-state index contributed by atoms with van der Waals surface area (Å²) in [5.41, 5.74) is 6.81. The van der Waals surface area contributed by atoms with E-state index in [1.54, 1.807) is 0 Å². The number of carbonyl (C=O) groups excluding carboxylic acids is 1. The molecule has 3 aromatic rings. The van der Waals surface area contributed by atoms with Gasteiger partial charge in [-0.25, -0.2) is 9.37 Å². The molecule has 164 valence electrons. The number of amides is 1. The van der Waals surface area contributed by atoms with Gasteiger partial charge in [0.2, 0.25) is 5.69 Å². The number of benzene rings is 1. The molecule has 7 nitrogen and oxygen atoms in total. The van der Waals surface area contributed by atoms with Crippen LogP contribution < -0.4 is 16.2 Å². The average molecular weight is 450 g/mol. The first-order chi connectivity index (χ1) is 14.3. The number of rotatable bonds is 4. The highest BCUT2D eigenvalue weighted by molar-refractivity contribution is 5.99. The van der Waals surface area contributed by atoms with Gasteiger partial charge in [0, 0.05) is 11.1 Å². The van der Waals surface area contributed by atoms with Crippen molar-refractivity contribution in [2.75, 3.05) is 5.73 Å². The van der Waals surface area contributed by atoms with Crippen molar-refractivity contribution in [3.05, 3.63) is 47.4 Å². The summed E-state index contributed by atoms with van der Waals surface area (Å²) in [7, 11) is 0. The molecule has 0 saturated carbocycles. The number of halogens is 7. The van der Waals surface area contributed by atoms with Gasteiger partial charge in [-0.05, 0) is 30.3 Å². The van der Waals surface area contributed by atoms with E-state index in [1.165, 1.54) is 0 Å². The molecule has 0 aliphatic carbocycles. The fourth-order valence-corrected chi connectivity index (χ4v) is 2.64. The number of ether oxygens (including phenoxy) is 1. The molecule has 14 heteroatoms. The molecule has 2 heterocycles. The Kier molecular flexibility index (Phi) is 5.25. The van der Waals surface area contributed by atoms with Gasteiger partial charge in [0.15, 0.2) is 5.76 Å². The number of alkyl halides is 6. The molecule has 0 aliphatic rings. The van der Waals surface area contributed by atoms with Gasteiger partial charge in [-0.3, -0.25) is 4.79 Å². The monoisotopic (exact) mass is 450 g/mol. The highest BCUT2D eigenvalue weighted by atomic mass is 19.4. The summed E-state index contributed by atoms with van der Waals surface area (Å²) in [6.07, 6.45) is -10.2. The van der Waals surface area contributed by atoms with Crippen molar-refractivity contribution >= 4 is 11.7 Å². The zero-order valence-corrected chi connectivity index (χ0v) is 14.8. The molecule has 1 aromatic carbocycles. The van der Waals surface area contributed by atoms with E-state index in [2.05, 4.69) is 19.4 Å². The van der Waals surface area contributed by atoms with Crippen LogP contribution in [0.2, 0.25) is 0 Å². The summed E-state index contributed by atoms with van der Waals surface area (Å²) in [5.74, 6) is -4.53. The summed E-state index contributed by atoms with van der Waals surface area (Å²) in [5, 5.41) is 2.79. The van der Waals surface area contributed by atoms with Gasteiger partial charge >= 0.3 is 12.5 Å². The summed E-state index contributed by atoms with van der Waals surface area (Å²) in [6, 6.07) is 4.12. The van der Waals surface area contributed by atoms with Crippen molar-refractivity contribution in [2.24, 2.45) is 5.73 Å². The van der Waals surface area contributed by atoms with Gasteiger partial charge in [0.05, 0.1) is 0 Å². The van der Waals surface area contributed by atoms with Crippen LogP contribution in [-0.2, 0) is 6.18 Å². The van der Waals surface area contributed by atoms with Crippen LogP contribution in [0.3, 0.4) is 0 Å². The van der Waals surface area contributed by atoms with Crippen molar-refractivity contribution in [3.8, 4) is 28.3 Å². The maximum atomic E-state index is 13.6. The Bertz CT molecular complexity index is 1160. The first-order valence-electron chi connectivity index (χ1n) is 7.97. The molecule has 31 heavy (non-hydrogen) atoms. The molecule has 0 spiro atoms. The average Bonchev–Trinajstić information content (AvgIpc) is 3.08. The van der Waals surface area contributed by atoms with Gasteiger partial charge in [0.25, 0.3) is 5.91 Å². The number of primary amides is 1. The van der Waals surface area contributed by atoms with Crippen LogP contribution >= 0.6 is 0 Å². The normalized spacial score (nSPS) is 12.1. The lowest BCUT2D eigenvalue weighted by molar-refractivity contribution is -0.274. The van der Waals surface area contributed by atoms with Crippen LogP contribution in [0.5, 0.6) is 5.75 Å². The van der Waals surface area contributed by atoms with Crippen LogP contribution in [-0.4, -0.2) is 22.4 Å². The zero-order valence-electron chi connectivity index (χ0n) is 14.8. The van der Waals surface area contributed by atoms with E-state index in [9.17, 15) is 35.5 Å². The number of nitrogen functional groups attached to an aromatic ring is 1. The van der Waals surface area contributed by atoms with Gasteiger partial charge < -0.3 is 20.7 Å². The molecular weight excluding hydrogens is 441 g/mol. The van der Waals surface area contributed by atoms with Crippen molar-refractivity contribution in [3.63, 3.8) is 0 Å². The summed E-state index contributed by atoms with van der Waals surface area (Å²) in [6.45, 7) is 0. The second-order valence-corrected chi connectivity index (χ2v) is 5.91. The molecular formula is C17H9F7N4O3. The lowest BCUT2D eigenvalue weighted by Gasteiger charge is -2.14. The van der Waals surface area contributed by atoms with E-state index in [-0.39, 0.29) is 5.56 Å². The first-order valence-corrected chi connectivity index (χ1v) is 7.97. The maximum absolute atomic E-state index is 13.6. The molecule has 3 rings (SSSR count). The lowest BCUT2D eigenvalue weighted by atomic mass is 10.0. The van der Waals surface area contributed by atoms with Gasteiger partial charge in [-0.2, -0.15) is 13.2 Å². The predicted octanol–water partition coefficient (Wildman–Crippen LogP) is 4.14. The van der Waals surface area contributed by atoms with E-state index in [0.717, 1.165) is 18.2 Å². The number of pyridine rings is 1. The quantitative estimate of drug-likeness (QED) is 0.577. The molecule has 0 radical (unpaired) electrons. The number of hydrogen-bond acceptors (Lipinski definition) is 6. The molecule has 0 saturated heterocycles. The minimum atomic E-state index is -5.10. The molecule has 0 fully saturated rings. The first kappa shape index (κ1) is 21.9. The maximum Gasteiger partial charge on any atom is 0.573 e. The summed E-state index contributed by atoms with van der Waals surface area (Å²) in [4.78, 5) is 15.2. The smallest absolute Gasteiger partial charge is 0.405 e. The van der Waals surface area contributed by atoms with Crippen molar-refractivity contribution in [1.29, 1.82) is 0 Å². The zero-order chi connectivity index (χ0) is 23.1. The number of nitrogens with two attached hydrogens (primary N) is 2. The van der Waals surface area contributed by atoms with Gasteiger partial charge in [-0.15, -0.1) is 13.2 Å². The minimum absolute atomic E-state index is 0.237. The number of carbonyl (C=O) groups is 1. The highest BCUT2D eigenvalue weighted by Crippen LogP contribution is 2.39. The topological polar surface area (TPSA) is 117 Å². The molecule has 2 aromatic heterocycles. The Morgan fingerprint density at radius 2 is 1.71 bits per heavy atom. The highest BCUT2D eigenvalue weighted by Gasteiger charge is 2.42. The van der Waals surface area contributed by atoms with Crippen LogP contribution in [0.25, 0.3) is 22.6 Å². The van der Waals surface area contributed by atoms with Gasteiger partial charge in [0.1, 0.15) is 28.6 Å². The Balaban J connectivity index is 2.12. The van der Waals surface area contributed by atoms with Crippen molar-refractivity contribution in [1.82, 2.24) is 10.1 Å². The predicted molar refractivity (Wildman–Crippen MR) is 89.7 cm³/mol. The Morgan fingerprint density at radius 3 is 2.26 bits per heavy atom. The summed E-state index contributed by atoms with van der Waals surface area (Å²) >= 11 is 0. The molecule has 0 atom stereocenters. The third-order valence-corrected chi connectivity index (χ3v) is 3.82. The van der Waals surface area contributed by atoms with E-state index in [0.29, 0.717) is 12.1 Å². The fourth-order valence-electron chi connectivity index (χ4n) is 2.64. The summed E-state index contributed by atoms with van der Waals surface area (Å²) < 4.78 is 98.9. The standard InChI is InChI=1S/C17H9F7N4O3/c18-6-1-4-10(30-17(22,23)24)8(5-6)7-2-3-9(27-14(7)25)12-11(15(26)29)13(28-31-12)16(19,20)21/h1-5H,(H2,25,27)(H2,26,29). The lowest BCUT2D eigenvalue weighted by Crippen LogP contribution is -2.18. The Labute approximate surface area is 167 Å². The molecule has 0 unspecified atom stereocenters. The van der Waals surface area contributed by atoms with Crippen LogP contribution in [0.4, 0.5) is 36.6 Å². The Hall–Kier alpha value is -3.84. The van der Waals surface area contributed by atoms with Crippen molar-refractivity contribution < 1.29 is 44.8 Å². The Morgan fingerprint density at radius 1 is 1.03 bits per heavy atom. The van der Waals surface area contributed by atoms with E-state index in [4.69, 9.17) is 11.5 Å². The number of hydrogen-bond donors (Lipinski definition) is 2. The second kappa shape index (κ2) is 7.45.